The van der Waals surface area contributed by atoms with Crippen molar-refractivity contribution in [2.24, 2.45) is 11.8 Å². The van der Waals surface area contributed by atoms with E-state index in [9.17, 15) is 0 Å². The van der Waals surface area contributed by atoms with Gasteiger partial charge in [-0.1, -0.05) is 12.5 Å². The van der Waals surface area contributed by atoms with E-state index >= 15 is 0 Å². The molecule has 1 N–H and O–H groups in total. The minimum Gasteiger partial charge on any atom is -0.454 e. The fourth-order valence-corrected chi connectivity index (χ4v) is 3.99. The van der Waals surface area contributed by atoms with Gasteiger partial charge in [-0.25, -0.2) is 0 Å². The van der Waals surface area contributed by atoms with Crippen molar-refractivity contribution in [1.82, 2.24) is 5.32 Å². The maximum absolute atomic E-state index is 5.42. The fourth-order valence-electron chi connectivity index (χ4n) is 3.99. The van der Waals surface area contributed by atoms with Crippen molar-refractivity contribution in [3.8, 4) is 11.5 Å². The third-order valence-electron chi connectivity index (χ3n) is 5.00. The largest absolute Gasteiger partial charge is 0.454 e. The second-order valence-electron chi connectivity index (χ2n) is 6.17. The highest BCUT2D eigenvalue weighted by molar-refractivity contribution is 5.44. The average molecular weight is 259 g/mol. The Morgan fingerprint density at radius 3 is 2.89 bits per heavy atom. The van der Waals surface area contributed by atoms with Crippen molar-refractivity contribution in [2.45, 2.75) is 38.1 Å². The molecular weight excluding hydrogens is 238 g/mol. The number of ether oxygens (including phenoxy) is 2. The lowest BCUT2D eigenvalue weighted by Gasteiger charge is -2.22. The van der Waals surface area contributed by atoms with Gasteiger partial charge in [-0.3, -0.25) is 0 Å². The van der Waals surface area contributed by atoms with Crippen molar-refractivity contribution >= 4 is 0 Å². The Hall–Kier alpha value is -1.22. The van der Waals surface area contributed by atoms with Crippen LogP contribution in [0.1, 0.15) is 31.2 Å². The summed E-state index contributed by atoms with van der Waals surface area (Å²) < 4.78 is 10.8. The molecule has 1 heterocycles. The predicted molar refractivity (Wildman–Crippen MR) is 73.5 cm³/mol. The van der Waals surface area contributed by atoms with Crippen molar-refractivity contribution in [3.63, 3.8) is 0 Å². The Morgan fingerprint density at radius 1 is 1.11 bits per heavy atom. The maximum atomic E-state index is 5.42. The first-order valence-corrected chi connectivity index (χ1v) is 7.50. The topological polar surface area (TPSA) is 30.5 Å². The molecule has 3 atom stereocenters. The first-order valence-electron chi connectivity index (χ1n) is 7.50. The van der Waals surface area contributed by atoms with Crippen LogP contribution in [0.5, 0.6) is 11.5 Å². The van der Waals surface area contributed by atoms with Crippen LogP contribution in [0.15, 0.2) is 18.2 Å². The van der Waals surface area contributed by atoms with Crippen LogP contribution in [-0.4, -0.2) is 19.4 Å². The fraction of sp³-hybridized carbons (Fsp3) is 0.625. The molecule has 1 aromatic rings. The molecule has 4 rings (SSSR count). The van der Waals surface area contributed by atoms with Crippen molar-refractivity contribution in [3.05, 3.63) is 23.8 Å². The van der Waals surface area contributed by atoms with Gasteiger partial charge in [0.2, 0.25) is 6.79 Å². The van der Waals surface area contributed by atoms with E-state index in [2.05, 4.69) is 17.4 Å². The first kappa shape index (κ1) is 11.6. The van der Waals surface area contributed by atoms with E-state index in [4.69, 9.17) is 9.47 Å². The number of hydrogen-bond donors (Lipinski definition) is 1. The van der Waals surface area contributed by atoms with Gasteiger partial charge in [-0.05, 0) is 61.8 Å². The molecule has 0 spiro atoms. The van der Waals surface area contributed by atoms with Crippen molar-refractivity contribution in [1.29, 1.82) is 0 Å². The zero-order valence-electron chi connectivity index (χ0n) is 11.2. The predicted octanol–water partition coefficient (Wildman–Crippen LogP) is 2.74. The summed E-state index contributed by atoms with van der Waals surface area (Å²) in [6, 6.07) is 7.07. The van der Waals surface area contributed by atoms with Crippen LogP contribution in [0.3, 0.4) is 0 Å². The Balaban J connectivity index is 1.30. The van der Waals surface area contributed by atoms with E-state index in [-0.39, 0.29) is 0 Å². The lowest BCUT2D eigenvalue weighted by atomic mass is 9.95. The highest BCUT2D eigenvalue weighted by atomic mass is 16.7. The van der Waals surface area contributed by atoms with Crippen LogP contribution in [0.4, 0.5) is 0 Å². The molecule has 2 bridgehead atoms. The molecule has 0 amide bonds. The minimum atomic E-state index is 0.363. The average Bonchev–Trinajstić information content (AvgIpc) is 3.14. The lowest BCUT2D eigenvalue weighted by molar-refractivity contribution is 0.174. The number of nitrogens with one attached hydrogen (secondary N) is 1. The van der Waals surface area contributed by atoms with Crippen molar-refractivity contribution in [2.75, 3.05) is 13.3 Å². The number of benzene rings is 1. The lowest BCUT2D eigenvalue weighted by Crippen LogP contribution is -2.35. The highest BCUT2D eigenvalue weighted by Gasteiger charge is 2.38. The van der Waals surface area contributed by atoms with Gasteiger partial charge in [0.25, 0.3) is 0 Å². The molecule has 2 fully saturated rings. The summed E-state index contributed by atoms with van der Waals surface area (Å²) >= 11 is 0. The summed E-state index contributed by atoms with van der Waals surface area (Å²) in [5.41, 5.74) is 1.33. The molecule has 1 aromatic carbocycles. The van der Waals surface area contributed by atoms with Gasteiger partial charge in [0.1, 0.15) is 0 Å². The monoisotopic (exact) mass is 259 g/mol. The van der Waals surface area contributed by atoms with Crippen LogP contribution in [0.2, 0.25) is 0 Å². The second-order valence-corrected chi connectivity index (χ2v) is 6.17. The molecule has 19 heavy (non-hydrogen) atoms. The Morgan fingerprint density at radius 2 is 2.05 bits per heavy atom. The van der Waals surface area contributed by atoms with Gasteiger partial charge in [-0.2, -0.15) is 0 Å². The Kier molecular flexibility index (Phi) is 2.87. The zero-order chi connectivity index (χ0) is 12.7. The van der Waals surface area contributed by atoms with Gasteiger partial charge < -0.3 is 14.8 Å². The van der Waals surface area contributed by atoms with Gasteiger partial charge in [0.15, 0.2) is 11.5 Å². The van der Waals surface area contributed by atoms with E-state index in [1.54, 1.807) is 0 Å². The molecule has 1 aliphatic heterocycles. The normalized spacial score (nSPS) is 31.1. The van der Waals surface area contributed by atoms with E-state index in [1.807, 2.05) is 6.07 Å². The van der Waals surface area contributed by atoms with Crippen LogP contribution < -0.4 is 14.8 Å². The molecule has 0 radical (unpaired) electrons. The van der Waals surface area contributed by atoms with Gasteiger partial charge in [-0.15, -0.1) is 0 Å². The summed E-state index contributed by atoms with van der Waals surface area (Å²) in [4.78, 5) is 0. The molecule has 3 heteroatoms. The molecular formula is C16H21NO2. The van der Waals surface area contributed by atoms with Crippen LogP contribution in [0, 0.1) is 11.8 Å². The van der Waals surface area contributed by atoms with E-state index in [0.29, 0.717) is 6.79 Å². The summed E-state index contributed by atoms with van der Waals surface area (Å²) in [5, 5.41) is 3.76. The smallest absolute Gasteiger partial charge is 0.231 e. The Labute approximate surface area is 114 Å². The molecule has 2 saturated carbocycles. The third-order valence-corrected chi connectivity index (χ3v) is 5.00. The summed E-state index contributed by atoms with van der Waals surface area (Å²) in [5.74, 6) is 3.76. The highest BCUT2D eigenvalue weighted by Crippen LogP contribution is 2.44. The van der Waals surface area contributed by atoms with Gasteiger partial charge in [0.05, 0.1) is 0 Å². The van der Waals surface area contributed by atoms with Crippen LogP contribution in [-0.2, 0) is 6.42 Å². The maximum Gasteiger partial charge on any atom is 0.231 e. The molecule has 102 valence electrons. The quantitative estimate of drug-likeness (QED) is 0.902. The third kappa shape index (κ3) is 2.20. The second kappa shape index (κ2) is 4.71. The minimum absolute atomic E-state index is 0.363. The summed E-state index contributed by atoms with van der Waals surface area (Å²) in [7, 11) is 0. The number of rotatable bonds is 4. The summed E-state index contributed by atoms with van der Waals surface area (Å²) in [6.45, 7) is 1.44. The Bertz CT molecular complexity index is 474. The van der Waals surface area contributed by atoms with Gasteiger partial charge in [0, 0.05) is 6.04 Å². The van der Waals surface area contributed by atoms with E-state index < -0.39 is 0 Å². The SMILES string of the molecule is c1cc2c(cc1CCN[C@@H]1C[C@@H]3CC[C@@H]1C3)OCO2. The molecule has 2 aliphatic carbocycles. The summed E-state index contributed by atoms with van der Waals surface area (Å²) in [6.07, 6.45) is 6.88. The van der Waals surface area contributed by atoms with Crippen molar-refractivity contribution < 1.29 is 9.47 Å². The molecule has 3 nitrogen and oxygen atoms in total. The first-order chi connectivity index (χ1) is 9.38. The van der Waals surface area contributed by atoms with Crippen LogP contribution >= 0.6 is 0 Å². The van der Waals surface area contributed by atoms with E-state index in [1.165, 1.54) is 31.2 Å². The molecule has 0 unspecified atom stereocenters. The van der Waals surface area contributed by atoms with E-state index in [0.717, 1.165) is 42.3 Å². The zero-order valence-corrected chi connectivity index (χ0v) is 11.2. The number of fused-ring (bicyclic) bond motifs is 3. The standard InChI is InChI=1S/C16H21NO2/c1-3-13-7-12(1)8-14(13)17-6-5-11-2-4-15-16(9-11)19-10-18-15/h2,4,9,12-14,17H,1,3,5-8,10H2/t12-,13-,14-/m1/s1. The van der Waals surface area contributed by atoms with Crippen LogP contribution in [0.25, 0.3) is 0 Å². The van der Waals surface area contributed by atoms with Gasteiger partial charge >= 0.3 is 0 Å². The molecule has 0 aromatic heterocycles. The molecule has 3 aliphatic rings. The number of hydrogen-bond acceptors (Lipinski definition) is 3. The molecule has 0 saturated heterocycles.